The summed E-state index contributed by atoms with van der Waals surface area (Å²) in [5, 5.41) is 15.1. The SMILES string of the molecule is CC(C)CC(C)(O)CNC(=O)CNC(=O)c1ccco1. The van der Waals surface area contributed by atoms with E-state index in [1.54, 1.807) is 13.0 Å². The second kappa shape index (κ2) is 7.09. The minimum Gasteiger partial charge on any atom is -0.459 e. The van der Waals surface area contributed by atoms with Crippen LogP contribution in [0.2, 0.25) is 0 Å². The maximum absolute atomic E-state index is 11.6. The Morgan fingerprint density at radius 1 is 1.40 bits per heavy atom. The molecule has 0 aromatic carbocycles. The molecule has 0 aliphatic heterocycles. The van der Waals surface area contributed by atoms with Gasteiger partial charge in [0.1, 0.15) is 0 Å². The summed E-state index contributed by atoms with van der Waals surface area (Å²) in [5.74, 6) is -0.307. The topological polar surface area (TPSA) is 91.6 Å². The molecule has 1 heterocycles. The number of furan rings is 1. The van der Waals surface area contributed by atoms with E-state index >= 15 is 0 Å². The molecule has 0 bridgehead atoms. The van der Waals surface area contributed by atoms with E-state index in [1.807, 2.05) is 13.8 Å². The zero-order valence-corrected chi connectivity index (χ0v) is 12.1. The first-order chi connectivity index (χ1) is 9.30. The Morgan fingerprint density at radius 2 is 2.10 bits per heavy atom. The molecule has 1 unspecified atom stereocenters. The number of carbonyl (C=O) groups is 2. The molecule has 0 aliphatic rings. The van der Waals surface area contributed by atoms with Gasteiger partial charge in [-0.25, -0.2) is 0 Å². The standard InChI is InChI=1S/C14H22N2O4/c1-10(2)7-14(3,19)9-16-12(17)8-15-13(18)11-5-4-6-20-11/h4-6,10,19H,7-9H2,1-3H3,(H,15,18)(H,16,17). The Morgan fingerprint density at radius 3 is 2.65 bits per heavy atom. The van der Waals surface area contributed by atoms with Crippen molar-refractivity contribution in [1.29, 1.82) is 0 Å². The highest BCUT2D eigenvalue weighted by molar-refractivity contribution is 5.94. The van der Waals surface area contributed by atoms with Crippen molar-refractivity contribution in [2.75, 3.05) is 13.1 Å². The van der Waals surface area contributed by atoms with Crippen LogP contribution in [0.3, 0.4) is 0 Å². The second-order valence-corrected chi connectivity index (χ2v) is 5.53. The summed E-state index contributed by atoms with van der Waals surface area (Å²) < 4.78 is 4.90. The Balaban J connectivity index is 2.29. The van der Waals surface area contributed by atoms with E-state index in [-0.39, 0.29) is 24.8 Å². The molecular weight excluding hydrogens is 260 g/mol. The number of hydrogen-bond acceptors (Lipinski definition) is 4. The molecule has 3 N–H and O–H groups in total. The zero-order chi connectivity index (χ0) is 15.2. The summed E-state index contributed by atoms with van der Waals surface area (Å²) in [5.41, 5.74) is -0.950. The Hall–Kier alpha value is -1.82. The van der Waals surface area contributed by atoms with Crippen LogP contribution in [0.1, 0.15) is 37.7 Å². The van der Waals surface area contributed by atoms with Gasteiger partial charge in [-0.3, -0.25) is 9.59 Å². The largest absolute Gasteiger partial charge is 0.459 e. The van der Waals surface area contributed by atoms with Crippen LogP contribution in [0.25, 0.3) is 0 Å². The summed E-state index contributed by atoms with van der Waals surface area (Å²) in [6.45, 7) is 5.67. The maximum atomic E-state index is 11.6. The van der Waals surface area contributed by atoms with Gasteiger partial charge in [0.2, 0.25) is 5.91 Å². The summed E-state index contributed by atoms with van der Waals surface area (Å²) in [4.78, 5) is 23.1. The van der Waals surface area contributed by atoms with E-state index < -0.39 is 11.5 Å². The summed E-state index contributed by atoms with van der Waals surface area (Å²) in [7, 11) is 0. The molecule has 1 aromatic rings. The number of aliphatic hydroxyl groups is 1. The van der Waals surface area contributed by atoms with Crippen molar-refractivity contribution in [2.24, 2.45) is 5.92 Å². The van der Waals surface area contributed by atoms with Gasteiger partial charge in [0.15, 0.2) is 5.76 Å². The van der Waals surface area contributed by atoms with Crippen LogP contribution in [0.5, 0.6) is 0 Å². The monoisotopic (exact) mass is 282 g/mol. The fourth-order valence-electron chi connectivity index (χ4n) is 1.96. The molecule has 0 radical (unpaired) electrons. The van der Waals surface area contributed by atoms with Gasteiger partial charge in [-0.15, -0.1) is 0 Å². The molecule has 1 aromatic heterocycles. The van der Waals surface area contributed by atoms with Gasteiger partial charge in [-0.1, -0.05) is 13.8 Å². The van der Waals surface area contributed by atoms with E-state index in [2.05, 4.69) is 10.6 Å². The third kappa shape index (κ3) is 5.88. The second-order valence-electron chi connectivity index (χ2n) is 5.53. The van der Waals surface area contributed by atoms with Crippen molar-refractivity contribution in [3.63, 3.8) is 0 Å². The fraction of sp³-hybridized carbons (Fsp3) is 0.571. The van der Waals surface area contributed by atoms with Gasteiger partial charge in [-0.2, -0.15) is 0 Å². The minimum atomic E-state index is -0.950. The van der Waals surface area contributed by atoms with Gasteiger partial charge in [0, 0.05) is 6.54 Å². The normalized spacial score (nSPS) is 13.8. The minimum absolute atomic E-state index is 0.153. The molecule has 1 rings (SSSR count). The third-order valence-electron chi connectivity index (χ3n) is 2.67. The Labute approximate surface area is 118 Å². The first-order valence-corrected chi connectivity index (χ1v) is 6.61. The Kier molecular flexibility index (Phi) is 5.76. The fourth-order valence-corrected chi connectivity index (χ4v) is 1.96. The lowest BCUT2D eigenvalue weighted by Crippen LogP contribution is -2.45. The van der Waals surface area contributed by atoms with Crippen LogP contribution < -0.4 is 10.6 Å². The van der Waals surface area contributed by atoms with E-state index in [9.17, 15) is 14.7 Å². The number of hydrogen-bond donors (Lipinski definition) is 3. The van der Waals surface area contributed by atoms with Crippen molar-refractivity contribution in [3.05, 3.63) is 24.2 Å². The lowest BCUT2D eigenvalue weighted by Gasteiger charge is -2.25. The average molecular weight is 282 g/mol. The lowest BCUT2D eigenvalue weighted by atomic mass is 9.94. The smallest absolute Gasteiger partial charge is 0.287 e. The number of rotatable bonds is 7. The highest BCUT2D eigenvalue weighted by Gasteiger charge is 2.22. The molecule has 0 aliphatic carbocycles. The molecule has 6 nitrogen and oxygen atoms in total. The molecular formula is C14H22N2O4. The first-order valence-electron chi connectivity index (χ1n) is 6.61. The van der Waals surface area contributed by atoms with Crippen molar-refractivity contribution >= 4 is 11.8 Å². The average Bonchev–Trinajstić information content (AvgIpc) is 2.85. The quantitative estimate of drug-likeness (QED) is 0.693. The van der Waals surface area contributed by atoms with Crippen LogP contribution in [-0.4, -0.2) is 35.6 Å². The molecule has 112 valence electrons. The van der Waals surface area contributed by atoms with Crippen molar-refractivity contribution < 1.29 is 19.1 Å². The molecule has 0 spiro atoms. The number of carbonyl (C=O) groups excluding carboxylic acids is 2. The van der Waals surface area contributed by atoms with Crippen LogP contribution in [0, 0.1) is 5.92 Å². The van der Waals surface area contributed by atoms with Crippen molar-refractivity contribution in [1.82, 2.24) is 10.6 Å². The summed E-state index contributed by atoms with van der Waals surface area (Å²) in [6, 6.07) is 3.11. The molecule has 2 amide bonds. The molecule has 1 atom stereocenters. The first kappa shape index (κ1) is 16.2. The van der Waals surface area contributed by atoms with Gasteiger partial charge >= 0.3 is 0 Å². The van der Waals surface area contributed by atoms with Crippen molar-refractivity contribution in [2.45, 2.75) is 32.8 Å². The van der Waals surface area contributed by atoms with Gasteiger partial charge in [0.25, 0.3) is 5.91 Å². The van der Waals surface area contributed by atoms with Gasteiger partial charge in [0.05, 0.1) is 18.4 Å². The van der Waals surface area contributed by atoms with Crippen LogP contribution in [0.4, 0.5) is 0 Å². The van der Waals surface area contributed by atoms with E-state index in [1.165, 1.54) is 12.3 Å². The number of nitrogens with one attached hydrogen (secondary N) is 2. The number of amides is 2. The highest BCUT2D eigenvalue weighted by atomic mass is 16.3. The van der Waals surface area contributed by atoms with Crippen LogP contribution in [-0.2, 0) is 4.79 Å². The predicted molar refractivity (Wildman–Crippen MR) is 74.1 cm³/mol. The lowest BCUT2D eigenvalue weighted by molar-refractivity contribution is -0.121. The zero-order valence-electron chi connectivity index (χ0n) is 12.1. The summed E-state index contributed by atoms with van der Waals surface area (Å²) >= 11 is 0. The molecule has 0 fully saturated rings. The third-order valence-corrected chi connectivity index (χ3v) is 2.67. The van der Waals surface area contributed by atoms with E-state index in [4.69, 9.17) is 4.42 Å². The predicted octanol–water partition coefficient (Wildman–Crippen LogP) is 0.923. The van der Waals surface area contributed by atoms with Crippen molar-refractivity contribution in [3.8, 4) is 0 Å². The molecule has 6 heteroatoms. The van der Waals surface area contributed by atoms with Gasteiger partial charge < -0.3 is 20.2 Å². The van der Waals surface area contributed by atoms with E-state index in [0.29, 0.717) is 12.3 Å². The summed E-state index contributed by atoms with van der Waals surface area (Å²) in [6.07, 6.45) is 1.98. The molecule has 0 saturated carbocycles. The Bertz CT molecular complexity index is 438. The maximum Gasteiger partial charge on any atom is 0.287 e. The van der Waals surface area contributed by atoms with Crippen LogP contribution in [0.15, 0.2) is 22.8 Å². The van der Waals surface area contributed by atoms with E-state index in [0.717, 1.165) is 0 Å². The van der Waals surface area contributed by atoms with Gasteiger partial charge in [-0.05, 0) is 31.4 Å². The molecule has 20 heavy (non-hydrogen) atoms. The molecule has 0 saturated heterocycles. The van der Waals surface area contributed by atoms with Crippen LogP contribution >= 0.6 is 0 Å². The highest BCUT2D eigenvalue weighted by Crippen LogP contribution is 2.14.